The van der Waals surface area contributed by atoms with Gasteiger partial charge in [-0.05, 0) is 87.6 Å². The molecule has 5 rings (SSSR count). The molecular weight excluding hydrogens is 378 g/mol. The van der Waals surface area contributed by atoms with Crippen LogP contribution in [0.4, 0.5) is 5.69 Å². The molecule has 1 saturated heterocycles. The lowest BCUT2D eigenvalue weighted by Crippen LogP contribution is -2.35. The van der Waals surface area contributed by atoms with Crippen molar-refractivity contribution in [3.05, 3.63) is 59.7 Å². The number of fused-ring (bicyclic) bond motifs is 1. The van der Waals surface area contributed by atoms with Crippen LogP contribution in [-0.4, -0.2) is 48.4 Å². The molecule has 0 bridgehead atoms. The Hall–Kier alpha value is -1.69. The highest BCUT2D eigenvalue weighted by Crippen LogP contribution is 2.43. The molecule has 2 aromatic rings. The van der Waals surface area contributed by atoms with Crippen LogP contribution >= 0.6 is 0 Å². The van der Waals surface area contributed by atoms with Gasteiger partial charge in [0.15, 0.2) is 11.0 Å². The van der Waals surface area contributed by atoms with Crippen molar-refractivity contribution in [2.75, 3.05) is 37.5 Å². The Kier molecular flexibility index (Phi) is 5.46. The molecular formula is C24H31N3OS. The van der Waals surface area contributed by atoms with Gasteiger partial charge in [0.1, 0.15) is 0 Å². The Morgan fingerprint density at radius 1 is 1.07 bits per heavy atom. The van der Waals surface area contributed by atoms with E-state index in [2.05, 4.69) is 39.8 Å². The third-order valence-corrected chi connectivity index (χ3v) is 8.28. The van der Waals surface area contributed by atoms with Gasteiger partial charge in [0.2, 0.25) is 0 Å². The average molecular weight is 410 g/mol. The molecule has 3 aliphatic rings. The summed E-state index contributed by atoms with van der Waals surface area (Å²) in [6, 6.07) is 17.3. The highest BCUT2D eigenvalue weighted by molar-refractivity contribution is 7.86. The Bertz CT molecular complexity index is 879. The molecule has 1 saturated carbocycles. The predicted molar refractivity (Wildman–Crippen MR) is 120 cm³/mol. The fourth-order valence-electron chi connectivity index (χ4n) is 4.83. The lowest BCUT2D eigenvalue weighted by Gasteiger charge is -2.29. The van der Waals surface area contributed by atoms with E-state index in [1.165, 1.54) is 50.0 Å². The first-order chi connectivity index (χ1) is 14.2. The van der Waals surface area contributed by atoms with Gasteiger partial charge in [-0.3, -0.25) is 4.31 Å². The molecule has 2 aliphatic heterocycles. The summed E-state index contributed by atoms with van der Waals surface area (Å²) in [5.41, 5.74) is 3.96. The lowest BCUT2D eigenvalue weighted by atomic mass is 9.97. The maximum atomic E-state index is 13.0. The molecule has 0 radical (unpaired) electrons. The SMILES string of the molecule is CN1CCC(CNC2CC2c2ccc3c(c2)CCN3S(=O)c2ccccc2)CC1. The molecule has 1 N–H and O–H groups in total. The molecule has 5 heteroatoms. The summed E-state index contributed by atoms with van der Waals surface area (Å²) >= 11 is 0. The number of rotatable bonds is 6. The van der Waals surface area contributed by atoms with E-state index >= 15 is 0 Å². The van der Waals surface area contributed by atoms with Crippen LogP contribution in [0.3, 0.4) is 0 Å². The molecule has 0 amide bonds. The molecule has 0 spiro atoms. The van der Waals surface area contributed by atoms with Gasteiger partial charge in [0, 0.05) is 18.5 Å². The average Bonchev–Trinajstić information content (AvgIpc) is 3.42. The van der Waals surface area contributed by atoms with E-state index in [4.69, 9.17) is 0 Å². The van der Waals surface area contributed by atoms with E-state index < -0.39 is 11.0 Å². The van der Waals surface area contributed by atoms with Crippen molar-refractivity contribution in [2.45, 2.75) is 42.5 Å². The third-order valence-electron chi connectivity index (χ3n) is 6.83. The number of hydrogen-bond donors (Lipinski definition) is 1. The molecule has 2 aromatic carbocycles. The highest BCUT2D eigenvalue weighted by atomic mass is 32.2. The number of benzene rings is 2. The van der Waals surface area contributed by atoms with Crippen molar-refractivity contribution in [3.8, 4) is 0 Å². The Balaban J connectivity index is 1.20. The van der Waals surface area contributed by atoms with Crippen LogP contribution in [-0.2, 0) is 17.4 Å². The van der Waals surface area contributed by atoms with E-state index in [0.29, 0.717) is 12.0 Å². The number of piperidine rings is 1. The first-order valence-corrected chi connectivity index (χ1v) is 12.1. The van der Waals surface area contributed by atoms with E-state index in [-0.39, 0.29) is 0 Å². The third kappa shape index (κ3) is 4.14. The van der Waals surface area contributed by atoms with Gasteiger partial charge >= 0.3 is 0 Å². The minimum atomic E-state index is -1.12. The minimum Gasteiger partial charge on any atom is -0.313 e. The molecule has 29 heavy (non-hydrogen) atoms. The number of hydrogen-bond acceptors (Lipinski definition) is 3. The van der Waals surface area contributed by atoms with Crippen molar-refractivity contribution < 1.29 is 4.21 Å². The zero-order chi connectivity index (χ0) is 19.8. The summed E-state index contributed by atoms with van der Waals surface area (Å²) in [4.78, 5) is 3.32. The first kappa shape index (κ1) is 19.3. The number of nitrogens with one attached hydrogen (secondary N) is 1. The minimum absolute atomic E-state index is 0.642. The van der Waals surface area contributed by atoms with Crippen LogP contribution in [0, 0.1) is 5.92 Å². The van der Waals surface area contributed by atoms with E-state index in [1.54, 1.807) is 0 Å². The maximum absolute atomic E-state index is 13.0. The van der Waals surface area contributed by atoms with Crippen molar-refractivity contribution >= 4 is 16.7 Å². The van der Waals surface area contributed by atoms with E-state index in [1.807, 2.05) is 30.3 Å². The molecule has 3 atom stereocenters. The predicted octanol–water partition coefficient (Wildman–Crippen LogP) is 3.56. The van der Waals surface area contributed by atoms with Gasteiger partial charge < -0.3 is 10.2 Å². The van der Waals surface area contributed by atoms with E-state index in [9.17, 15) is 4.21 Å². The topological polar surface area (TPSA) is 35.6 Å². The van der Waals surface area contributed by atoms with Crippen molar-refractivity contribution in [3.63, 3.8) is 0 Å². The first-order valence-electron chi connectivity index (χ1n) is 11.0. The van der Waals surface area contributed by atoms with Gasteiger partial charge in [-0.25, -0.2) is 4.21 Å². The van der Waals surface area contributed by atoms with Crippen LogP contribution in [0.5, 0.6) is 0 Å². The normalized spacial score (nSPS) is 25.8. The maximum Gasteiger partial charge on any atom is 0.152 e. The molecule has 2 fully saturated rings. The molecule has 3 unspecified atom stereocenters. The largest absolute Gasteiger partial charge is 0.313 e. The molecule has 1 aliphatic carbocycles. The summed E-state index contributed by atoms with van der Waals surface area (Å²) in [5.74, 6) is 1.49. The second-order valence-corrected chi connectivity index (χ2v) is 10.3. The molecule has 154 valence electrons. The van der Waals surface area contributed by atoms with Gasteiger partial charge in [-0.15, -0.1) is 0 Å². The Morgan fingerprint density at radius 3 is 2.66 bits per heavy atom. The molecule has 0 aromatic heterocycles. The molecule has 4 nitrogen and oxygen atoms in total. The Labute approximate surface area is 176 Å². The van der Waals surface area contributed by atoms with Crippen molar-refractivity contribution in [1.29, 1.82) is 0 Å². The van der Waals surface area contributed by atoms with Crippen LogP contribution in [0.25, 0.3) is 0 Å². The second-order valence-electron chi connectivity index (χ2n) is 8.91. The number of anilines is 1. The summed E-state index contributed by atoms with van der Waals surface area (Å²) in [6.07, 6.45) is 4.90. The monoisotopic (exact) mass is 409 g/mol. The summed E-state index contributed by atoms with van der Waals surface area (Å²) in [6.45, 7) is 4.49. The van der Waals surface area contributed by atoms with Crippen LogP contribution < -0.4 is 9.62 Å². The van der Waals surface area contributed by atoms with E-state index in [0.717, 1.165) is 29.5 Å². The summed E-state index contributed by atoms with van der Waals surface area (Å²) in [5, 5.41) is 3.83. The number of likely N-dealkylation sites (tertiary alicyclic amines) is 1. The van der Waals surface area contributed by atoms with Crippen LogP contribution in [0.2, 0.25) is 0 Å². The zero-order valence-electron chi connectivity index (χ0n) is 17.2. The fraction of sp³-hybridized carbons (Fsp3) is 0.500. The van der Waals surface area contributed by atoms with Gasteiger partial charge in [0.05, 0.1) is 10.6 Å². The standard InChI is InChI=1S/C24H31N3OS/c1-26-12-9-18(10-13-26)17-25-23-16-22(23)19-7-8-24-20(15-19)11-14-27(24)29(28)21-5-3-2-4-6-21/h2-8,15,18,22-23,25H,9-14,16-17H2,1H3. The second kappa shape index (κ2) is 8.21. The van der Waals surface area contributed by atoms with Gasteiger partial charge in [0.25, 0.3) is 0 Å². The van der Waals surface area contributed by atoms with Crippen molar-refractivity contribution in [2.24, 2.45) is 5.92 Å². The lowest BCUT2D eigenvalue weighted by molar-refractivity contribution is 0.215. The highest BCUT2D eigenvalue weighted by Gasteiger charge is 2.39. The fourth-order valence-corrected chi connectivity index (χ4v) is 6.09. The summed E-state index contributed by atoms with van der Waals surface area (Å²) in [7, 11) is 1.11. The summed E-state index contributed by atoms with van der Waals surface area (Å²) < 4.78 is 15.0. The smallest absolute Gasteiger partial charge is 0.152 e. The zero-order valence-corrected chi connectivity index (χ0v) is 18.0. The molecule has 2 heterocycles. The quantitative estimate of drug-likeness (QED) is 0.792. The number of nitrogens with zero attached hydrogens (tertiary/aromatic N) is 2. The van der Waals surface area contributed by atoms with Gasteiger partial charge in [-0.2, -0.15) is 0 Å². The van der Waals surface area contributed by atoms with Crippen molar-refractivity contribution in [1.82, 2.24) is 10.2 Å². The van der Waals surface area contributed by atoms with Crippen LogP contribution in [0.15, 0.2) is 53.4 Å². The van der Waals surface area contributed by atoms with Gasteiger partial charge in [-0.1, -0.05) is 30.3 Å². The van der Waals surface area contributed by atoms with Crippen LogP contribution in [0.1, 0.15) is 36.3 Å². The Morgan fingerprint density at radius 2 is 1.86 bits per heavy atom.